The molecule has 0 N–H and O–H groups in total. The first-order valence-electron chi connectivity index (χ1n) is 6.19. The molecule has 2 atom stereocenters. The Morgan fingerprint density at radius 1 is 1.44 bits per heavy atom. The van der Waals surface area contributed by atoms with Gasteiger partial charge in [0.1, 0.15) is 6.61 Å². The van der Waals surface area contributed by atoms with Crippen molar-refractivity contribution in [2.24, 2.45) is 0 Å². The minimum atomic E-state index is -0.519. The molecule has 0 bridgehead atoms. The standard InChI is InChI=1S/C14H17NO3/c1-3-13(16)15-12(9-18-14(15)17)10(2)11-7-5-4-6-8-11/h4-8,10,12H,3,9H2,1-2H3. The average Bonchev–Trinajstić information content (AvgIpc) is 2.80. The fourth-order valence-electron chi connectivity index (χ4n) is 2.24. The summed E-state index contributed by atoms with van der Waals surface area (Å²) in [5.74, 6) is -0.0987. The molecule has 1 saturated heterocycles. The second kappa shape index (κ2) is 5.21. The van der Waals surface area contributed by atoms with Crippen LogP contribution in [0.4, 0.5) is 4.79 Å². The Morgan fingerprint density at radius 2 is 2.11 bits per heavy atom. The maximum atomic E-state index is 11.8. The maximum absolute atomic E-state index is 11.8. The normalized spacial score (nSPS) is 20.7. The van der Waals surface area contributed by atoms with Crippen molar-refractivity contribution in [3.05, 3.63) is 35.9 Å². The van der Waals surface area contributed by atoms with Gasteiger partial charge in [-0.3, -0.25) is 4.79 Å². The van der Waals surface area contributed by atoms with E-state index in [1.165, 1.54) is 4.90 Å². The van der Waals surface area contributed by atoms with Gasteiger partial charge in [0.25, 0.3) is 0 Å². The third kappa shape index (κ3) is 2.23. The minimum absolute atomic E-state index is 0.0770. The van der Waals surface area contributed by atoms with Gasteiger partial charge in [0.2, 0.25) is 5.91 Å². The Labute approximate surface area is 107 Å². The van der Waals surface area contributed by atoms with Crippen molar-refractivity contribution >= 4 is 12.0 Å². The fraction of sp³-hybridized carbons (Fsp3) is 0.429. The third-order valence-corrected chi connectivity index (χ3v) is 3.38. The number of hydrogen-bond donors (Lipinski definition) is 0. The number of amides is 2. The second-order valence-corrected chi connectivity index (χ2v) is 4.46. The number of imide groups is 1. The molecule has 2 rings (SSSR count). The molecule has 96 valence electrons. The number of nitrogens with zero attached hydrogens (tertiary/aromatic N) is 1. The van der Waals surface area contributed by atoms with E-state index in [-0.39, 0.29) is 24.5 Å². The topological polar surface area (TPSA) is 46.6 Å². The molecule has 18 heavy (non-hydrogen) atoms. The number of rotatable bonds is 3. The summed E-state index contributed by atoms with van der Waals surface area (Å²) in [6.07, 6.45) is -0.206. The van der Waals surface area contributed by atoms with Gasteiger partial charge in [-0.2, -0.15) is 0 Å². The van der Waals surface area contributed by atoms with Crippen molar-refractivity contribution in [2.75, 3.05) is 6.61 Å². The van der Waals surface area contributed by atoms with E-state index >= 15 is 0 Å². The van der Waals surface area contributed by atoms with Crippen molar-refractivity contribution in [1.82, 2.24) is 4.90 Å². The molecule has 1 aromatic carbocycles. The predicted molar refractivity (Wildman–Crippen MR) is 67.1 cm³/mol. The van der Waals surface area contributed by atoms with E-state index in [0.29, 0.717) is 6.42 Å². The Morgan fingerprint density at radius 3 is 2.72 bits per heavy atom. The summed E-state index contributed by atoms with van der Waals surface area (Å²) in [4.78, 5) is 24.7. The molecule has 0 radical (unpaired) electrons. The van der Waals surface area contributed by atoms with Gasteiger partial charge in [0.15, 0.2) is 0 Å². The van der Waals surface area contributed by atoms with Crippen LogP contribution in [0.3, 0.4) is 0 Å². The number of benzene rings is 1. The smallest absolute Gasteiger partial charge is 0.416 e. The van der Waals surface area contributed by atoms with E-state index in [0.717, 1.165) is 5.56 Å². The van der Waals surface area contributed by atoms with Crippen molar-refractivity contribution in [3.63, 3.8) is 0 Å². The van der Waals surface area contributed by atoms with Gasteiger partial charge in [0.05, 0.1) is 6.04 Å². The van der Waals surface area contributed by atoms with Crippen molar-refractivity contribution < 1.29 is 14.3 Å². The lowest BCUT2D eigenvalue weighted by Gasteiger charge is -2.25. The van der Waals surface area contributed by atoms with Gasteiger partial charge >= 0.3 is 6.09 Å². The van der Waals surface area contributed by atoms with E-state index in [1.54, 1.807) is 6.92 Å². The van der Waals surface area contributed by atoms with Crippen molar-refractivity contribution in [2.45, 2.75) is 32.2 Å². The molecule has 2 unspecified atom stereocenters. The molecule has 0 saturated carbocycles. The Kier molecular flexibility index (Phi) is 3.65. The predicted octanol–water partition coefficient (Wildman–Crippen LogP) is 2.55. The van der Waals surface area contributed by atoms with Gasteiger partial charge in [-0.05, 0) is 5.56 Å². The van der Waals surface area contributed by atoms with Crippen LogP contribution in [0, 0.1) is 0 Å². The summed E-state index contributed by atoms with van der Waals surface area (Å²) >= 11 is 0. The largest absolute Gasteiger partial charge is 0.447 e. The molecule has 4 heteroatoms. The van der Waals surface area contributed by atoms with Crippen LogP contribution < -0.4 is 0 Å². The van der Waals surface area contributed by atoms with Crippen LogP contribution in [0.5, 0.6) is 0 Å². The molecular formula is C14H17NO3. The average molecular weight is 247 g/mol. The molecule has 1 aromatic rings. The molecule has 2 amide bonds. The van der Waals surface area contributed by atoms with Gasteiger partial charge in [0, 0.05) is 12.3 Å². The highest BCUT2D eigenvalue weighted by molar-refractivity contribution is 5.93. The number of hydrogen-bond acceptors (Lipinski definition) is 3. The van der Waals surface area contributed by atoms with E-state index in [1.807, 2.05) is 37.3 Å². The van der Waals surface area contributed by atoms with Gasteiger partial charge in [-0.15, -0.1) is 0 Å². The van der Waals surface area contributed by atoms with E-state index in [2.05, 4.69) is 0 Å². The molecule has 0 aliphatic carbocycles. The zero-order chi connectivity index (χ0) is 13.1. The first-order valence-corrected chi connectivity index (χ1v) is 6.19. The summed E-state index contributed by atoms with van der Waals surface area (Å²) in [5.41, 5.74) is 1.11. The highest BCUT2D eigenvalue weighted by atomic mass is 16.6. The maximum Gasteiger partial charge on any atom is 0.416 e. The summed E-state index contributed by atoms with van der Waals surface area (Å²) in [6.45, 7) is 4.04. The SMILES string of the molecule is CCC(=O)N1C(=O)OCC1C(C)c1ccccc1. The third-order valence-electron chi connectivity index (χ3n) is 3.38. The lowest BCUT2D eigenvalue weighted by molar-refractivity contribution is -0.129. The van der Waals surface area contributed by atoms with Crippen LogP contribution in [0.2, 0.25) is 0 Å². The molecule has 1 aliphatic heterocycles. The molecule has 4 nitrogen and oxygen atoms in total. The lowest BCUT2D eigenvalue weighted by atomic mass is 9.93. The second-order valence-electron chi connectivity index (χ2n) is 4.46. The highest BCUT2D eigenvalue weighted by Crippen LogP contribution is 2.28. The summed E-state index contributed by atoms with van der Waals surface area (Å²) < 4.78 is 5.01. The van der Waals surface area contributed by atoms with Crippen LogP contribution in [0.15, 0.2) is 30.3 Å². The van der Waals surface area contributed by atoms with Gasteiger partial charge < -0.3 is 4.74 Å². The van der Waals surface area contributed by atoms with Crippen LogP contribution in [0.25, 0.3) is 0 Å². The molecule has 0 aromatic heterocycles. The minimum Gasteiger partial charge on any atom is -0.447 e. The summed E-state index contributed by atoms with van der Waals surface area (Å²) in [6, 6.07) is 9.66. The molecule has 1 heterocycles. The van der Waals surface area contributed by atoms with Crippen molar-refractivity contribution in [3.8, 4) is 0 Å². The van der Waals surface area contributed by atoms with Crippen LogP contribution >= 0.6 is 0 Å². The zero-order valence-electron chi connectivity index (χ0n) is 10.6. The van der Waals surface area contributed by atoms with E-state index in [4.69, 9.17) is 4.74 Å². The Hall–Kier alpha value is -1.84. The monoisotopic (exact) mass is 247 g/mol. The van der Waals surface area contributed by atoms with Crippen molar-refractivity contribution in [1.29, 1.82) is 0 Å². The number of carbonyl (C=O) groups excluding carboxylic acids is 2. The summed E-state index contributed by atoms with van der Waals surface area (Å²) in [7, 11) is 0. The van der Waals surface area contributed by atoms with Crippen LogP contribution in [-0.4, -0.2) is 29.5 Å². The van der Waals surface area contributed by atoms with Crippen LogP contribution in [0.1, 0.15) is 31.7 Å². The fourth-order valence-corrected chi connectivity index (χ4v) is 2.24. The molecular weight excluding hydrogens is 230 g/mol. The highest BCUT2D eigenvalue weighted by Gasteiger charge is 2.40. The number of ether oxygens (including phenoxy) is 1. The van der Waals surface area contributed by atoms with Gasteiger partial charge in [-0.1, -0.05) is 44.2 Å². The number of carbonyl (C=O) groups is 2. The van der Waals surface area contributed by atoms with Crippen LogP contribution in [-0.2, 0) is 9.53 Å². The first-order chi connectivity index (χ1) is 8.65. The quantitative estimate of drug-likeness (QED) is 0.824. The zero-order valence-corrected chi connectivity index (χ0v) is 10.6. The Balaban J connectivity index is 2.22. The molecule has 1 aliphatic rings. The Bertz CT molecular complexity index is 444. The molecule has 1 fully saturated rings. The lowest BCUT2D eigenvalue weighted by Crippen LogP contribution is -2.41. The van der Waals surface area contributed by atoms with Gasteiger partial charge in [-0.25, -0.2) is 9.69 Å². The first kappa shape index (κ1) is 12.6. The van der Waals surface area contributed by atoms with E-state index in [9.17, 15) is 9.59 Å². The van der Waals surface area contributed by atoms with E-state index < -0.39 is 6.09 Å². The molecule has 0 spiro atoms. The number of cyclic esters (lactones) is 1. The summed E-state index contributed by atoms with van der Waals surface area (Å²) in [5, 5.41) is 0.